The number of hydrogen-bond donors (Lipinski definition) is 2. The van der Waals surface area contributed by atoms with Crippen LogP contribution in [0.5, 0.6) is 0 Å². The van der Waals surface area contributed by atoms with Crippen molar-refractivity contribution in [1.29, 1.82) is 0 Å². The lowest BCUT2D eigenvalue weighted by Crippen LogP contribution is -2.05. The highest BCUT2D eigenvalue weighted by Gasteiger charge is 2.14. The summed E-state index contributed by atoms with van der Waals surface area (Å²) in [4.78, 5) is 12.1. The van der Waals surface area contributed by atoms with Crippen LogP contribution >= 0.6 is 11.8 Å². The minimum atomic E-state index is 0.703. The lowest BCUT2D eigenvalue weighted by Gasteiger charge is -2.16. The summed E-state index contributed by atoms with van der Waals surface area (Å²) in [5.74, 6) is 1.74. The van der Waals surface area contributed by atoms with E-state index in [4.69, 9.17) is 9.97 Å². The molecule has 0 aliphatic heterocycles. The van der Waals surface area contributed by atoms with E-state index in [1.165, 1.54) is 11.1 Å². The van der Waals surface area contributed by atoms with Gasteiger partial charge in [-0.1, -0.05) is 109 Å². The fraction of sp³-hybridized carbons (Fsp3) is 0.0625. The van der Waals surface area contributed by atoms with Crippen LogP contribution in [-0.4, -0.2) is 9.97 Å². The van der Waals surface area contributed by atoms with Gasteiger partial charge in [-0.05, 0) is 35.4 Å². The van der Waals surface area contributed by atoms with Gasteiger partial charge >= 0.3 is 0 Å². The van der Waals surface area contributed by atoms with Crippen LogP contribution in [0.1, 0.15) is 11.1 Å². The minimum absolute atomic E-state index is 0.703. The number of nitrogens with zero attached hydrogens (tertiary/aromatic N) is 2. The molecule has 0 bridgehead atoms. The van der Waals surface area contributed by atoms with Gasteiger partial charge in [0.05, 0.1) is 20.8 Å². The number of benzene rings is 4. The molecule has 0 atom stereocenters. The molecular weight excluding hydrogens is 472 g/mol. The first-order chi connectivity index (χ1) is 18.3. The molecule has 4 aromatic carbocycles. The maximum absolute atomic E-state index is 5.00. The topological polar surface area (TPSA) is 49.8 Å². The largest absolute Gasteiger partial charge is 0.365 e. The van der Waals surface area contributed by atoms with E-state index in [9.17, 15) is 0 Å². The highest BCUT2D eigenvalue weighted by Crippen LogP contribution is 2.39. The predicted molar refractivity (Wildman–Crippen MR) is 155 cm³/mol. The Hall–Kier alpha value is -4.35. The Bertz CT molecular complexity index is 1530. The Labute approximate surface area is 220 Å². The molecular formula is C32H26N4S. The Morgan fingerprint density at radius 3 is 1.35 bits per heavy atom. The average molecular weight is 499 g/mol. The maximum atomic E-state index is 5.00. The second-order valence-corrected chi connectivity index (χ2v) is 9.92. The van der Waals surface area contributed by atoms with E-state index >= 15 is 0 Å². The minimum Gasteiger partial charge on any atom is -0.365 e. The number of hydrogen-bond acceptors (Lipinski definition) is 5. The third-order valence-corrected chi connectivity index (χ3v) is 7.27. The molecule has 2 aromatic heterocycles. The van der Waals surface area contributed by atoms with Crippen molar-refractivity contribution in [2.45, 2.75) is 22.9 Å². The molecule has 0 saturated carbocycles. The molecule has 4 nitrogen and oxygen atoms in total. The van der Waals surface area contributed by atoms with Crippen LogP contribution < -0.4 is 10.6 Å². The molecule has 0 aliphatic carbocycles. The molecule has 0 saturated heterocycles. The summed E-state index contributed by atoms with van der Waals surface area (Å²) >= 11 is 1.69. The Morgan fingerprint density at radius 1 is 0.486 bits per heavy atom. The highest BCUT2D eigenvalue weighted by atomic mass is 32.2. The summed E-state index contributed by atoms with van der Waals surface area (Å²) in [6, 6.07) is 41.8. The zero-order chi connectivity index (χ0) is 24.9. The molecule has 0 amide bonds. The van der Waals surface area contributed by atoms with Crippen molar-refractivity contribution in [1.82, 2.24) is 9.97 Å². The number of pyridine rings is 2. The molecule has 0 unspecified atom stereocenters. The van der Waals surface area contributed by atoms with Gasteiger partial charge in [-0.15, -0.1) is 0 Å². The van der Waals surface area contributed by atoms with Crippen LogP contribution in [-0.2, 0) is 13.1 Å². The predicted octanol–water partition coefficient (Wildman–Crippen LogP) is 8.16. The maximum Gasteiger partial charge on any atom is 0.141 e. The van der Waals surface area contributed by atoms with Crippen molar-refractivity contribution < 1.29 is 0 Å². The molecule has 180 valence electrons. The summed E-state index contributed by atoms with van der Waals surface area (Å²) in [6.07, 6.45) is 0. The van der Waals surface area contributed by atoms with Crippen molar-refractivity contribution in [2.24, 2.45) is 0 Å². The lowest BCUT2D eigenvalue weighted by atomic mass is 10.2. The van der Waals surface area contributed by atoms with E-state index < -0.39 is 0 Å². The van der Waals surface area contributed by atoms with Crippen LogP contribution in [0.3, 0.4) is 0 Å². The average Bonchev–Trinajstić information content (AvgIpc) is 2.96. The molecule has 6 rings (SSSR count). The molecule has 6 aromatic rings. The normalized spacial score (nSPS) is 11.0. The Kier molecular flexibility index (Phi) is 6.69. The summed E-state index contributed by atoms with van der Waals surface area (Å²) in [5, 5.41) is 9.39. The first-order valence-electron chi connectivity index (χ1n) is 12.3. The molecule has 2 N–H and O–H groups in total. The Balaban J connectivity index is 1.38. The van der Waals surface area contributed by atoms with Gasteiger partial charge in [0.25, 0.3) is 0 Å². The van der Waals surface area contributed by atoms with E-state index in [-0.39, 0.29) is 0 Å². The van der Waals surface area contributed by atoms with Crippen LogP contribution in [0, 0.1) is 0 Å². The molecule has 0 aliphatic rings. The van der Waals surface area contributed by atoms with Gasteiger partial charge in [0.1, 0.15) is 11.6 Å². The van der Waals surface area contributed by atoms with E-state index in [2.05, 4.69) is 108 Å². The van der Waals surface area contributed by atoms with Crippen LogP contribution in [0.15, 0.2) is 131 Å². The standard InChI is InChI=1S/C32H26N4S/c1-3-11-23(12-4-1)21-33-31-29(19-25-15-7-9-17-27(25)35-31)37-30-20-26-16-8-10-18-28(26)36-32(30)34-22-24-13-5-2-6-14-24/h1-20H,21-22H2,(H,33,35)(H,34,36). The van der Waals surface area contributed by atoms with E-state index in [1.54, 1.807) is 11.8 Å². The molecule has 5 heteroatoms. The van der Waals surface area contributed by atoms with Crippen molar-refractivity contribution >= 4 is 45.2 Å². The summed E-state index contributed by atoms with van der Waals surface area (Å²) in [7, 11) is 0. The van der Waals surface area contributed by atoms with Gasteiger partial charge in [0.15, 0.2) is 0 Å². The monoisotopic (exact) mass is 498 g/mol. The second kappa shape index (κ2) is 10.7. The SMILES string of the molecule is c1ccc(CNc2nc3ccccc3cc2Sc2cc3ccccc3nc2NCc2ccccc2)cc1. The summed E-state index contributed by atoms with van der Waals surface area (Å²) in [5.41, 5.74) is 4.37. The molecule has 0 fully saturated rings. The van der Waals surface area contributed by atoms with Crippen LogP contribution in [0.2, 0.25) is 0 Å². The molecule has 37 heavy (non-hydrogen) atoms. The quantitative estimate of drug-likeness (QED) is 0.222. The van der Waals surface area contributed by atoms with Crippen LogP contribution in [0.4, 0.5) is 11.6 Å². The van der Waals surface area contributed by atoms with Crippen molar-refractivity contribution in [3.8, 4) is 0 Å². The van der Waals surface area contributed by atoms with E-state index in [1.807, 2.05) is 24.3 Å². The highest BCUT2D eigenvalue weighted by molar-refractivity contribution is 7.99. The van der Waals surface area contributed by atoms with E-state index in [0.29, 0.717) is 13.1 Å². The van der Waals surface area contributed by atoms with Gasteiger partial charge in [0, 0.05) is 23.9 Å². The first-order valence-corrected chi connectivity index (χ1v) is 13.2. The van der Waals surface area contributed by atoms with Gasteiger partial charge in [-0.25, -0.2) is 9.97 Å². The fourth-order valence-corrected chi connectivity index (χ4v) is 5.32. The fourth-order valence-electron chi connectivity index (χ4n) is 4.28. The van der Waals surface area contributed by atoms with Crippen molar-refractivity contribution in [2.75, 3.05) is 10.6 Å². The number of rotatable bonds is 8. The first kappa shape index (κ1) is 23.1. The van der Waals surface area contributed by atoms with Crippen molar-refractivity contribution in [3.05, 3.63) is 132 Å². The van der Waals surface area contributed by atoms with Gasteiger partial charge < -0.3 is 10.6 Å². The molecule has 2 heterocycles. The third-order valence-electron chi connectivity index (χ3n) is 6.20. The third kappa shape index (κ3) is 5.42. The summed E-state index contributed by atoms with van der Waals surface area (Å²) < 4.78 is 0. The second-order valence-electron chi connectivity index (χ2n) is 8.84. The smallest absolute Gasteiger partial charge is 0.141 e. The van der Waals surface area contributed by atoms with Gasteiger partial charge in [-0.3, -0.25) is 0 Å². The number of anilines is 2. The Morgan fingerprint density at radius 2 is 0.892 bits per heavy atom. The number of aromatic nitrogens is 2. The number of para-hydroxylation sites is 2. The van der Waals surface area contributed by atoms with E-state index in [0.717, 1.165) is 43.2 Å². The zero-order valence-corrected chi connectivity index (χ0v) is 21.1. The summed E-state index contributed by atoms with van der Waals surface area (Å²) in [6.45, 7) is 1.41. The number of fused-ring (bicyclic) bond motifs is 2. The van der Waals surface area contributed by atoms with Gasteiger partial charge in [-0.2, -0.15) is 0 Å². The zero-order valence-electron chi connectivity index (χ0n) is 20.3. The lowest BCUT2D eigenvalue weighted by molar-refractivity contribution is 1.09. The number of nitrogens with one attached hydrogen (secondary N) is 2. The molecule has 0 spiro atoms. The van der Waals surface area contributed by atoms with Crippen LogP contribution in [0.25, 0.3) is 21.8 Å². The van der Waals surface area contributed by atoms with Gasteiger partial charge in [0.2, 0.25) is 0 Å². The molecule has 0 radical (unpaired) electrons. The van der Waals surface area contributed by atoms with Crippen molar-refractivity contribution in [3.63, 3.8) is 0 Å².